The predicted molar refractivity (Wildman–Crippen MR) is 92.1 cm³/mol. The SMILES string of the molecule is Cc1ccc(Oc2ccccc2)c(NC(=O)c2ccccc2)c1. The summed E-state index contributed by atoms with van der Waals surface area (Å²) >= 11 is 0. The summed E-state index contributed by atoms with van der Waals surface area (Å²) in [6.45, 7) is 1.98. The van der Waals surface area contributed by atoms with Crippen LogP contribution in [0.15, 0.2) is 78.9 Å². The Bertz CT molecular complexity index is 798. The minimum Gasteiger partial charge on any atom is -0.455 e. The number of aryl methyl sites for hydroxylation is 1. The van der Waals surface area contributed by atoms with Gasteiger partial charge < -0.3 is 10.1 Å². The fraction of sp³-hybridized carbons (Fsp3) is 0.0500. The zero-order chi connectivity index (χ0) is 16.1. The second-order valence-corrected chi connectivity index (χ2v) is 5.23. The Labute approximate surface area is 135 Å². The Kier molecular flexibility index (Phi) is 4.39. The molecule has 3 heteroatoms. The van der Waals surface area contributed by atoms with Crippen molar-refractivity contribution >= 4 is 11.6 Å². The van der Waals surface area contributed by atoms with Gasteiger partial charge in [-0.05, 0) is 48.9 Å². The number of hydrogen-bond acceptors (Lipinski definition) is 2. The average Bonchev–Trinajstić information content (AvgIpc) is 2.59. The molecule has 114 valence electrons. The molecule has 0 unspecified atom stereocenters. The summed E-state index contributed by atoms with van der Waals surface area (Å²) in [6.07, 6.45) is 0. The number of amides is 1. The lowest BCUT2D eigenvalue weighted by molar-refractivity contribution is 0.102. The molecule has 0 aliphatic rings. The smallest absolute Gasteiger partial charge is 0.255 e. The summed E-state index contributed by atoms with van der Waals surface area (Å²) < 4.78 is 5.89. The molecule has 0 heterocycles. The molecule has 0 atom stereocenters. The number of para-hydroxylation sites is 1. The number of rotatable bonds is 4. The molecule has 0 bridgehead atoms. The fourth-order valence-electron chi connectivity index (χ4n) is 2.23. The van der Waals surface area contributed by atoms with Crippen molar-refractivity contribution in [2.24, 2.45) is 0 Å². The molecule has 1 N–H and O–H groups in total. The van der Waals surface area contributed by atoms with Gasteiger partial charge in [0.2, 0.25) is 0 Å². The van der Waals surface area contributed by atoms with Crippen LogP contribution in [0.5, 0.6) is 11.5 Å². The minimum absolute atomic E-state index is 0.158. The Morgan fingerprint density at radius 1 is 0.870 bits per heavy atom. The molecule has 0 aromatic heterocycles. The lowest BCUT2D eigenvalue weighted by Crippen LogP contribution is -2.12. The number of benzene rings is 3. The molecule has 0 saturated carbocycles. The quantitative estimate of drug-likeness (QED) is 0.733. The van der Waals surface area contributed by atoms with E-state index in [0.29, 0.717) is 17.0 Å². The van der Waals surface area contributed by atoms with Gasteiger partial charge in [-0.3, -0.25) is 4.79 Å². The summed E-state index contributed by atoms with van der Waals surface area (Å²) in [7, 11) is 0. The first-order valence-electron chi connectivity index (χ1n) is 7.42. The second kappa shape index (κ2) is 6.79. The summed E-state index contributed by atoms with van der Waals surface area (Å²) in [5.74, 6) is 1.19. The maximum atomic E-state index is 12.4. The van der Waals surface area contributed by atoms with Crippen molar-refractivity contribution in [2.45, 2.75) is 6.92 Å². The van der Waals surface area contributed by atoms with E-state index in [1.54, 1.807) is 12.1 Å². The van der Waals surface area contributed by atoms with Crippen LogP contribution in [0.25, 0.3) is 0 Å². The van der Waals surface area contributed by atoms with Crippen LogP contribution in [-0.2, 0) is 0 Å². The Morgan fingerprint density at radius 2 is 1.52 bits per heavy atom. The van der Waals surface area contributed by atoms with Crippen molar-refractivity contribution in [3.8, 4) is 11.5 Å². The first-order chi connectivity index (χ1) is 11.2. The first kappa shape index (κ1) is 14.9. The van der Waals surface area contributed by atoms with Gasteiger partial charge in [0.25, 0.3) is 5.91 Å². The molecule has 0 aliphatic heterocycles. The van der Waals surface area contributed by atoms with Crippen LogP contribution in [0.1, 0.15) is 15.9 Å². The molecular formula is C20H17NO2. The number of ether oxygens (including phenoxy) is 1. The Balaban J connectivity index is 1.86. The molecule has 0 aliphatic carbocycles. The van der Waals surface area contributed by atoms with Crippen LogP contribution in [-0.4, -0.2) is 5.91 Å². The van der Waals surface area contributed by atoms with Crippen molar-refractivity contribution in [3.63, 3.8) is 0 Å². The van der Waals surface area contributed by atoms with Crippen molar-refractivity contribution < 1.29 is 9.53 Å². The largest absolute Gasteiger partial charge is 0.455 e. The highest BCUT2D eigenvalue weighted by atomic mass is 16.5. The Morgan fingerprint density at radius 3 is 2.22 bits per heavy atom. The van der Waals surface area contributed by atoms with Crippen LogP contribution in [0, 0.1) is 6.92 Å². The molecule has 0 radical (unpaired) electrons. The molecule has 0 saturated heterocycles. The summed E-state index contributed by atoms with van der Waals surface area (Å²) in [5, 5.41) is 2.92. The van der Waals surface area contributed by atoms with E-state index in [1.165, 1.54) is 0 Å². The number of hydrogen-bond donors (Lipinski definition) is 1. The topological polar surface area (TPSA) is 38.3 Å². The zero-order valence-electron chi connectivity index (χ0n) is 12.8. The van der Waals surface area contributed by atoms with E-state index < -0.39 is 0 Å². The third kappa shape index (κ3) is 3.77. The van der Waals surface area contributed by atoms with Gasteiger partial charge in [-0.15, -0.1) is 0 Å². The summed E-state index contributed by atoms with van der Waals surface area (Å²) in [5.41, 5.74) is 2.32. The van der Waals surface area contributed by atoms with Gasteiger partial charge in [0.1, 0.15) is 5.75 Å². The third-order valence-corrected chi connectivity index (χ3v) is 3.39. The van der Waals surface area contributed by atoms with Gasteiger partial charge in [-0.2, -0.15) is 0 Å². The lowest BCUT2D eigenvalue weighted by Gasteiger charge is -2.13. The maximum Gasteiger partial charge on any atom is 0.255 e. The summed E-state index contributed by atoms with van der Waals surface area (Å²) in [6, 6.07) is 24.3. The van der Waals surface area contributed by atoms with Crippen LogP contribution in [0.2, 0.25) is 0 Å². The van der Waals surface area contributed by atoms with Gasteiger partial charge in [0.15, 0.2) is 5.75 Å². The molecule has 0 spiro atoms. The van der Waals surface area contributed by atoms with Crippen LogP contribution in [0.3, 0.4) is 0 Å². The number of anilines is 1. The van der Waals surface area contributed by atoms with Gasteiger partial charge >= 0.3 is 0 Å². The standard InChI is InChI=1S/C20H17NO2/c1-15-12-13-19(23-17-10-6-3-7-11-17)18(14-15)21-20(22)16-8-4-2-5-9-16/h2-14H,1H3,(H,21,22). The van der Waals surface area contributed by atoms with E-state index in [-0.39, 0.29) is 5.91 Å². The number of carbonyl (C=O) groups is 1. The first-order valence-corrected chi connectivity index (χ1v) is 7.42. The van der Waals surface area contributed by atoms with Crippen LogP contribution >= 0.6 is 0 Å². The molecule has 3 rings (SSSR count). The van der Waals surface area contributed by atoms with E-state index in [2.05, 4.69) is 5.32 Å². The number of nitrogens with one attached hydrogen (secondary N) is 1. The van der Waals surface area contributed by atoms with Gasteiger partial charge in [0.05, 0.1) is 5.69 Å². The zero-order valence-corrected chi connectivity index (χ0v) is 12.8. The average molecular weight is 303 g/mol. The van der Waals surface area contributed by atoms with Crippen molar-refractivity contribution in [1.82, 2.24) is 0 Å². The molecule has 23 heavy (non-hydrogen) atoms. The normalized spacial score (nSPS) is 10.1. The van der Waals surface area contributed by atoms with E-state index in [0.717, 1.165) is 11.3 Å². The van der Waals surface area contributed by atoms with Gasteiger partial charge in [0, 0.05) is 5.56 Å². The van der Waals surface area contributed by atoms with Crippen molar-refractivity contribution in [2.75, 3.05) is 5.32 Å². The van der Waals surface area contributed by atoms with Gasteiger partial charge in [-0.1, -0.05) is 42.5 Å². The number of carbonyl (C=O) groups excluding carboxylic acids is 1. The van der Waals surface area contributed by atoms with E-state index in [9.17, 15) is 4.79 Å². The molecular weight excluding hydrogens is 286 g/mol. The predicted octanol–water partition coefficient (Wildman–Crippen LogP) is 5.04. The van der Waals surface area contributed by atoms with E-state index in [4.69, 9.17) is 4.74 Å². The molecule has 3 nitrogen and oxygen atoms in total. The lowest BCUT2D eigenvalue weighted by atomic mass is 10.1. The fourth-order valence-corrected chi connectivity index (χ4v) is 2.23. The molecule has 0 fully saturated rings. The van der Waals surface area contributed by atoms with Crippen LogP contribution in [0.4, 0.5) is 5.69 Å². The monoisotopic (exact) mass is 303 g/mol. The highest BCUT2D eigenvalue weighted by Gasteiger charge is 2.10. The highest BCUT2D eigenvalue weighted by Crippen LogP contribution is 2.30. The maximum absolute atomic E-state index is 12.4. The second-order valence-electron chi connectivity index (χ2n) is 5.23. The third-order valence-electron chi connectivity index (χ3n) is 3.39. The molecule has 3 aromatic carbocycles. The minimum atomic E-state index is -0.158. The molecule has 3 aromatic rings. The van der Waals surface area contributed by atoms with E-state index in [1.807, 2.05) is 73.7 Å². The Hall–Kier alpha value is -3.07. The summed E-state index contributed by atoms with van der Waals surface area (Å²) in [4.78, 5) is 12.4. The highest BCUT2D eigenvalue weighted by molar-refractivity contribution is 6.05. The van der Waals surface area contributed by atoms with Gasteiger partial charge in [-0.25, -0.2) is 0 Å². The van der Waals surface area contributed by atoms with E-state index >= 15 is 0 Å². The van der Waals surface area contributed by atoms with Crippen molar-refractivity contribution in [1.29, 1.82) is 0 Å². The molecule has 1 amide bonds. The van der Waals surface area contributed by atoms with Crippen LogP contribution < -0.4 is 10.1 Å². The van der Waals surface area contributed by atoms with Crippen molar-refractivity contribution in [3.05, 3.63) is 90.0 Å².